The highest BCUT2D eigenvalue weighted by atomic mass is 32.2. The van der Waals surface area contributed by atoms with Gasteiger partial charge in [-0.3, -0.25) is 4.79 Å². The summed E-state index contributed by atoms with van der Waals surface area (Å²) < 4.78 is 5.95. The molecule has 134 valence electrons. The summed E-state index contributed by atoms with van der Waals surface area (Å²) in [6, 6.07) is 3.96. The Morgan fingerprint density at radius 3 is 2.76 bits per heavy atom. The molecule has 3 aliphatic heterocycles. The molecule has 1 aromatic rings. The van der Waals surface area contributed by atoms with E-state index in [0.29, 0.717) is 10.8 Å². The van der Waals surface area contributed by atoms with E-state index in [2.05, 4.69) is 21.7 Å². The molecule has 0 bridgehead atoms. The van der Waals surface area contributed by atoms with Crippen LogP contribution in [0.2, 0.25) is 0 Å². The second kappa shape index (κ2) is 7.28. The molecule has 1 amide bonds. The number of thioether (sulfide) groups is 1. The predicted molar refractivity (Wildman–Crippen MR) is 103 cm³/mol. The number of likely N-dealkylation sites (tertiary alicyclic amines) is 1. The van der Waals surface area contributed by atoms with Crippen molar-refractivity contribution in [3.63, 3.8) is 0 Å². The van der Waals surface area contributed by atoms with E-state index in [1.54, 1.807) is 0 Å². The number of hydrogen-bond donors (Lipinski definition) is 0. The fourth-order valence-corrected chi connectivity index (χ4v) is 4.66. The third-order valence-corrected chi connectivity index (χ3v) is 6.13. The van der Waals surface area contributed by atoms with Gasteiger partial charge in [0.2, 0.25) is 0 Å². The largest absolute Gasteiger partial charge is 0.441 e. The zero-order chi connectivity index (χ0) is 17.2. The van der Waals surface area contributed by atoms with Gasteiger partial charge in [-0.2, -0.15) is 4.99 Å². The van der Waals surface area contributed by atoms with Gasteiger partial charge in [-0.25, -0.2) is 0 Å². The monoisotopic (exact) mass is 359 g/mol. The Morgan fingerprint density at radius 1 is 1.16 bits per heavy atom. The lowest BCUT2D eigenvalue weighted by Gasteiger charge is -2.31. The van der Waals surface area contributed by atoms with Gasteiger partial charge < -0.3 is 14.2 Å². The van der Waals surface area contributed by atoms with E-state index in [-0.39, 0.29) is 5.91 Å². The molecule has 1 aromatic heterocycles. The highest BCUT2D eigenvalue weighted by Gasteiger charge is 2.28. The van der Waals surface area contributed by atoms with E-state index in [9.17, 15) is 4.79 Å². The van der Waals surface area contributed by atoms with Gasteiger partial charge in [0.15, 0.2) is 11.1 Å². The Balaban J connectivity index is 1.44. The van der Waals surface area contributed by atoms with E-state index < -0.39 is 0 Å². The van der Waals surface area contributed by atoms with Crippen molar-refractivity contribution in [2.24, 2.45) is 10.9 Å². The number of aliphatic imine (C=N–C) groups is 1. The summed E-state index contributed by atoms with van der Waals surface area (Å²) in [6.45, 7) is 6.36. The van der Waals surface area contributed by atoms with Gasteiger partial charge in [0.05, 0.1) is 4.91 Å². The third kappa shape index (κ3) is 3.78. The Kier molecular flexibility index (Phi) is 4.88. The van der Waals surface area contributed by atoms with Crippen LogP contribution in [0.3, 0.4) is 0 Å². The van der Waals surface area contributed by atoms with Crippen molar-refractivity contribution in [3.05, 3.63) is 22.8 Å². The van der Waals surface area contributed by atoms with E-state index in [1.807, 2.05) is 18.2 Å². The minimum Gasteiger partial charge on any atom is -0.441 e. The van der Waals surface area contributed by atoms with Crippen molar-refractivity contribution in [1.29, 1.82) is 0 Å². The van der Waals surface area contributed by atoms with E-state index >= 15 is 0 Å². The fraction of sp³-hybridized carbons (Fsp3) is 0.579. The molecular weight excluding hydrogens is 334 g/mol. The highest BCUT2D eigenvalue weighted by molar-refractivity contribution is 8.18. The minimum absolute atomic E-state index is 0.144. The standard InChI is InChI=1S/C19H25N3O2S/c1-14-6-5-11-22(13-14)19-20-18(23)16(25-19)12-15-7-8-17(24-15)21-9-3-2-4-10-21/h7-8,12,14H,2-6,9-11,13H2,1H3/b16-12-. The van der Waals surface area contributed by atoms with Crippen LogP contribution < -0.4 is 4.90 Å². The van der Waals surface area contributed by atoms with Gasteiger partial charge in [-0.05, 0) is 55.9 Å². The van der Waals surface area contributed by atoms with Gasteiger partial charge in [0.1, 0.15) is 5.76 Å². The number of rotatable bonds is 2. The first-order valence-electron chi connectivity index (χ1n) is 9.31. The van der Waals surface area contributed by atoms with Crippen LogP contribution in [0.4, 0.5) is 5.88 Å². The maximum absolute atomic E-state index is 12.3. The number of carbonyl (C=O) groups is 1. The van der Waals surface area contributed by atoms with Crippen LogP contribution in [0.15, 0.2) is 26.4 Å². The van der Waals surface area contributed by atoms with Crippen LogP contribution in [0.5, 0.6) is 0 Å². The zero-order valence-corrected chi connectivity index (χ0v) is 15.6. The van der Waals surface area contributed by atoms with Crippen LogP contribution in [0, 0.1) is 5.92 Å². The molecule has 1 unspecified atom stereocenters. The van der Waals surface area contributed by atoms with Crippen molar-refractivity contribution in [2.75, 3.05) is 31.1 Å². The average Bonchev–Trinajstić information content (AvgIpc) is 3.24. The maximum atomic E-state index is 12.3. The first-order chi connectivity index (χ1) is 12.2. The molecule has 25 heavy (non-hydrogen) atoms. The molecule has 0 spiro atoms. The fourth-order valence-electron chi connectivity index (χ4n) is 3.73. The lowest BCUT2D eigenvalue weighted by atomic mass is 10.0. The molecule has 2 fully saturated rings. The maximum Gasteiger partial charge on any atom is 0.286 e. The van der Waals surface area contributed by atoms with Crippen molar-refractivity contribution in [3.8, 4) is 0 Å². The first-order valence-corrected chi connectivity index (χ1v) is 10.1. The SMILES string of the molecule is CC1CCCN(C2=NC(=O)/C(=C/c3ccc(N4CCCCC4)o3)S2)C1. The molecule has 5 nitrogen and oxygen atoms in total. The Morgan fingerprint density at radius 2 is 1.96 bits per heavy atom. The number of hydrogen-bond acceptors (Lipinski definition) is 5. The third-order valence-electron chi connectivity index (χ3n) is 5.09. The Labute approximate surface area is 153 Å². The summed E-state index contributed by atoms with van der Waals surface area (Å²) in [5.41, 5.74) is 0. The van der Waals surface area contributed by atoms with Crippen LogP contribution in [0.25, 0.3) is 6.08 Å². The van der Waals surface area contributed by atoms with Gasteiger partial charge in [-0.15, -0.1) is 0 Å². The van der Waals surface area contributed by atoms with Gasteiger partial charge >= 0.3 is 0 Å². The highest BCUT2D eigenvalue weighted by Crippen LogP contribution is 2.33. The lowest BCUT2D eigenvalue weighted by Crippen LogP contribution is -2.37. The number of furan rings is 1. The van der Waals surface area contributed by atoms with E-state index in [4.69, 9.17) is 4.42 Å². The van der Waals surface area contributed by atoms with Crippen LogP contribution in [0.1, 0.15) is 44.8 Å². The molecule has 0 radical (unpaired) electrons. The number of nitrogens with zero attached hydrogens (tertiary/aromatic N) is 3. The van der Waals surface area contributed by atoms with Gasteiger partial charge in [0, 0.05) is 38.3 Å². The topological polar surface area (TPSA) is 49.1 Å². The molecular formula is C19H25N3O2S. The summed E-state index contributed by atoms with van der Waals surface area (Å²) >= 11 is 1.48. The van der Waals surface area contributed by atoms with E-state index in [0.717, 1.165) is 43.0 Å². The van der Waals surface area contributed by atoms with Crippen molar-refractivity contribution in [1.82, 2.24) is 4.90 Å². The van der Waals surface area contributed by atoms with Crippen molar-refractivity contribution >= 4 is 34.8 Å². The van der Waals surface area contributed by atoms with Crippen LogP contribution in [-0.2, 0) is 4.79 Å². The summed E-state index contributed by atoms with van der Waals surface area (Å²) in [7, 11) is 0. The zero-order valence-electron chi connectivity index (χ0n) is 14.7. The molecule has 4 rings (SSSR count). The normalized spacial score (nSPS) is 26.4. The molecule has 0 aromatic carbocycles. The molecule has 0 saturated carbocycles. The molecule has 4 heterocycles. The second-order valence-corrected chi connectivity index (χ2v) is 8.24. The molecule has 6 heteroatoms. The van der Waals surface area contributed by atoms with Crippen molar-refractivity contribution in [2.45, 2.75) is 39.0 Å². The summed E-state index contributed by atoms with van der Waals surface area (Å²) in [6.07, 6.45) is 8.01. The Hall–Kier alpha value is -1.69. The molecule has 1 atom stereocenters. The number of amides is 1. The molecule has 3 aliphatic rings. The predicted octanol–water partition coefficient (Wildman–Crippen LogP) is 3.97. The summed E-state index contributed by atoms with van der Waals surface area (Å²) in [5.74, 6) is 2.17. The number of carbonyl (C=O) groups excluding carboxylic acids is 1. The number of piperidine rings is 2. The average molecular weight is 359 g/mol. The molecule has 2 saturated heterocycles. The van der Waals surface area contributed by atoms with Gasteiger partial charge in [-0.1, -0.05) is 6.92 Å². The molecule has 0 aliphatic carbocycles. The quantitative estimate of drug-likeness (QED) is 0.748. The number of amidine groups is 1. The first kappa shape index (κ1) is 16.8. The summed E-state index contributed by atoms with van der Waals surface area (Å²) in [5, 5.41) is 0.852. The van der Waals surface area contributed by atoms with Crippen molar-refractivity contribution < 1.29 is 9.21 Å². The summed E-state index contributed by atoms with van der Waals surface area (Å²) in [4.78, 5) is 21.7. The smallest absolute Gasteiger partial charge is 0.286 e. The van der Waals surface area contributed by atoms with E-state index in [1.165, 1.54) is 43.9 Å². The molecule has 0 N–H and O–H groups in total. The van der Waals surface area contributed by atoms with Crippen LogP contribution in [-0.4, -0.2) is 42.2 Å². The van der Waals surface area contributed by atoms with Crippen LogP contribution >= 0.6 is 11.8 Å². The number of anilines is 1. The lowest BCUT2D eigenvalue weighted by molar-refractivity contribution is -0.113. The van der Waals surface area contributed by atoms with Gasteiger partial charge in [0.25, 0.3) is 5.91 Å². The Bertz CT molecular complexity index is 703. The second-order valence-electron chi connectivity index (χ2n) is 7.23. The minimum atomic E-state index is -0.144.